The third-order valence-corrected chi connectivity index (χ3v) is 4.23. The van der Waals surface area contributed by atoms with E-state index in [0.717, 1.165) is 5.69 Å². The van der Waals surface area contributed by atoms with Gasteiger partial charge in [-0.2, -0.15) is 5.10 Å². The molecule has 102 valence electrons. The van der Waals surface area contributed by atoms with Gasteiger partial charge in [-0.05, 0) is 31.2 Å². The molecule has 0 spiro atoms. The SMILES string of the molecule is COc1ccc(S(=O)(=O)Nc2cnn(C)c2C)cc1. The van der Waals surface area contributed by atoms with Crippen LogP contribution in [0.5, 0.6) is 5.75 Å². The van der Waals surface area contributed by atoms with Crippen LogP contribution in [0.2, 0.25) is 0 Å². The van der Waals surface area contributed by atoms with Crippen LogP contribution in [0, 0.1) is 6.92 Å². The lowest BCUT2D eigenvalue weighted by molar-refractivity contribution is 0.414. The second kappa shape index (κ2) is 4.93. The van der Waals surface area contributed by atoms with Gasteiger partial charge < -0.3 is 4.74 Å². The largest absolute Gasteiger partial charge is 0.497 e. The molecule has 1 aromatic heterocycles. The van der Waals surface area contributed by atoms with Crippen molar-refractivity contribution < 1.29 is 13.2 Å². The lowest BCUT2D eigenvalue weighted by Crippen LogP contribution is -2.13. The molecule has 0 saturated carbocycles. The van der Waals surface area contributed by atoms with Crippen LogP contribution < -0.4 is 9.46 Å². The number of anilines is 1. The predicted octanol–water partition coefficient (Wildman–Crippen LogP) is 1.54. The van der Waals surface area contributed by atoms with Crippen LogP contribution in [0.15, 0.2) is 35.4 Å². The highest BCUT2D eigenvalue weighted by Gasteiger charge is 2.16. The summed E-state index contributed by atoms with van der Waals surface area (Å²) >= 11 is 0. The highest BCUT2D eigenvalue weighted by molar-refractivity contribution is 7.92. The molecule has 0 aliphatic carbocycles. The Morgan fingerprint density at radius 2 is 1.89 bits per heavy atom. The van der Waals surface area contributed by atoms with Crippen molar-refractivity contribution in [2.45, 2.75) is 11.8 Å². The van der Waals surface area contributed by atoms with Gasteiger partial charge in [0.1, 0.15) is 5.75 Å². The standard InChI is InChI=1S/C12H15N3O3S/c1-9-12(8-13-15(9)2)14-19(16,17)11-6-4-10(18-3)5-7-11/h4-8,14H,1-3H3. The van der Waals surface area contributed by atoms with E-state index in [2.05, 4.69) is 9.82 Å². The van der Waals surface area contributed by atoms with Crippen LogP contribution in [0.4, 0.5) is 5.69 Å². The zero-order valence-electron chi connectivity index (χ0n) is 10.9. The van der Waals surface area contributed by atoms with Gasteiger partial charge in [-0.1, -0.05) is 0 Å². The fourth-order valence-corrected chi connectivity index (χ4v) is 2.66. The van der Waals surface area contributed by atoms with Crippen molar-refractivity contribution in [1.82, 2.24) is 9.78 Å². The highest BCUT2D eigenvalue weighted by atomic mass is 32.2. The van der Waals surface area contributed by atoms with Crippen LogP contribution in [0.1, 0.15) is 5.69 Å². The van der Waals surface area contributed by atoms with E-state index in [0.29, 0.717) is 11.4 Å². The van der Waals surface area contributed by atoms with Gasteiger partial charge in [-0.25, -0.2) is 8.42 Å². The van der Waals surface area contributed by atoms with Crippen molar-refractivity contribution in [2.75, 3.05) is 11.8 Å². The topological polar surface area (TPSA) is 73.2 Å². The minimum atomic E-state index is -3.61. The molecule has 0 atom stereocenters. The summed E-state index contributed by atoms with van der Waals surface area (Å²) in [6.45, 7) is 1.79. The maximum Gasteiger partial charge on any atom is 0.262 e. The molecule has 0 bridgehead atoms. The molecule has 6 nitrogen and oxygen atoms in total. The third-order valence-electron chi connectivity index (χ3n) is 2.85. The fourth-order valence-electron chi connectivity index (χ4n) is 1.56. The minimum absolute atomic E-state index is 0.177. The number of aryl methyl sites for hydroxylation is 1. The van der Waals surface area contributed by atoms with Gasteiger partial charge in [-0.3, -0.25) is 9.40 Å². The van der Waals surface area contributed by atoms with Crippen molar-refractivity contribution >= 4 is 15.7 Å². The summed E-state index contributed by atoms with van der Waals surface area (Å²) in [6.07, 6.45) is 1.48. The summed E-state index contributed by atoms with van der Waals surface area (Å²) in [6, 6.07) is 6.19. The molecule has 0 unspecified atom stereocenters. The number of hydrogen-bond acceptors (Lipinski definition) is 4. The molecule has 1 aromatic carbocycles. The summed E-state index contributed by atoms with van der Waals surface area (Å²) < 4.78 is 33.5. The van der Waals surface area contributed by atoms with Crippen molar-refractivity contribution in [3.8, 4) is 5.75 Å². The monoisotopic (exact) mass is 281 g/mol. The van der Waals surface area contributed by atoms with Crippen molar-refractivity contribution in [3.05, 3.63) is 36.2 Å². The maximum absolute atomic E-state index is 12.2. The number of rotatable bonds is 4. The van der Waals surface area contributed by atoms with Gasteiger partial charge in [0.05, 0.1) is 29.6 Å². The average molecular weight is 281 g/mol. The molecule has 0 fully saturated rings. The average Bonchev–Trinajstić information content (AvgIpc) is 2.70. The second-order valence-corrected chi connectivity index (χ2v) is 5.73. The first-order chi connectivity index (χ1) is 8.94. The van der Waals surface area contributed by atoms with Gasteiger partial charge in [0.25, 0.3) is 10.0 Å². The first kappa shape index (κ1) is 13.4. The zero-order chi connectivity index (χ0) is 14.0. The molecule has 0 aliphatic rings. The molecule has 1 heterocycles. The number of aromatic nitrogens is 2. The first-order valence-corrected chi connectivity index (χ1v) is 7.08. The van der Waals surface area contributed by atoms with Gasteiger partial charge in [-0.15, -0.1) is 0 Å². The lowest BCUT2D eigenvalue weighted by atomic mass is 10.3. The Kier molecular flexibility index (Phi) is 3.48. The van der Waals surface area contributed by atoms with Crippen LogP contribution in [-0.2, 0) is 17.1 Å². The molecule has 2 rings (SSSR count). The third kappa shape index (κ3) is 2.70. The normalized spacial score (nSPS) is 11.3. The molecule has 0 amide bonds. The van der Waals surface area contributed by atoms with E-state index in [9.17, 15) is 8.42 Å². The number of nitrogens with zero attached hydrogens (tertiary/aromatic N) is 2. The number of ether oxygens (including phenoxy) is 1. The summed E-state index contributed by atoms with van der Waals surface area (Å²) in [5.74, 6) is 0.608. The van der Waals surface area contributed by atoms with E-state index in [4.69, 9.17) is 4.74 Å². The summed E-state index contributed by atoms with van der Waals surface area (Å²) in [4.78, 5) is 0.177. The van der Waals surface area contributed by atoms with E-state index >= 15 is 0 Å². The summed E-state index contributed by atoms with van der Waals surface area (Å²) in [5.41, 5.74) is 1.22. The molecule has 2 aromatic rings. The van der Waals surface area contributed by atoms with E-state index in [1.165, 1.54) is 25.4 Å². The van der Waals surface area contributed by atoms with Crippen molar-refractivity contribution in [1.29, 1.82) is 0 Å². The number of sulfonamides is 1. The van der Waals surface area contributed by atoms with Crippen LogP contribution >= 0.6 is 0 Å². The molecule has 0 aliphatic heterocycles. The lowest BCUT2D eigenvalue weighted by Gasteiger charge is -2.08. The molecular formula is C12H15N3O3S. The van der Waals surface area contributed by atoms with Crippen LogP contribution in [0.3, 0.4) is 0 Å². The maximum atomic E-state index is 12.2. The Hall–Kier alpha value is -2.02. The Labute approximate surface area is 112 Å². The van der Waals surface area contributed by atoms with Gasteiger partial charge in [0.2, 0.25) is 0 Å². The van der Waals surface area contributed by atoms with E-state index < -0.39 is 10.0 Å². The minimum Gasteiger partial charge on any atom is -0.497 e. The van der Waals surface area contributed by atoms with Crippen LogP contribution in [0.25, 0.3) is 0 Å². The van der Waals surface area contributed by atoms with E-state index in [1.54, 1.807) is 30.8 Å². The summed E-state index contributed by atoms with van der Waals surface area (Å²) in [5, 5.41) is 3.99. The number of hydrogen-bond donors (Lipinski definition) is 1. The van der Waals surface area contributed by atoms with Crippen molar-refractivity contribution in [3.63, 3.8) is 0 Å². The quantitative estimate of drug-likeness (QED) is 0.922. The Balaban J connectivity index is 2.29. The van der Waals surface area contributed by atoms with Crippen LogP contribution in [-0.4, -0.2) is 25.3 Å². The highest BCUT2D eigenvalue weighted by Crippen LogP contribution is 2.20. The van der Waals surface area contributed by atoms with Gasteiger partial charge >= 0.3 is 0 Å². The molecular weight excluding hydrogens is 266 g/mol. The van der Waals surface area contributed by atoms with Gasteiger partial charge in [0.15, 0.2) is 0 Å². The number of methoxy groups -OCH3 is 1. The predicted molar refractivity (Wildman–Crippen MR) is 71.7 cm³/mol. The smallest absolute Gasteiger partial charge is 0.262 e. The second-order valence-electron chi connectivity index (χ2n) is 4.05. The molecule has 7 heteroatoms. The zero-order valence-corrected chi connectivity index (χ0v) is 11.7. The van der Waals surface area contributed by atoms with Gasteiger partial charge in [0, 0.05) is 7.05 Å². The molecule has 1 N–H and O–H groups in total. The van der Waals surface area contributed by atoms with Crippen molar-refractivity contribution in [2.24, 2.45) is 7.05 Å². The number of benzene rings is 1. The van der Waals surface area contributed by atoms with E-state index in [-0.39, 0.29) is 4.90 Å². The number of nitrogens with one attached hydrogen (secondary N) is 1. The molecule has 0 saturated heterocycles. The van der Waals surface area contributed by atoms with E-state index in [1.807, 2.05) is 0 Å². The Morgan fingerprint density at radius 1 is 1.26 bits per heavy atom. The molecule has 19 heavy (non-hydrogen) atoms. The summed E-state index contributed by atoms with van der Waals surface area (Å²) in [7, 11) is -0.327. The first-order valence-electron chi connectivity index (χ1n) is 5.59. The Bertz CT molecular complexity index is 675. The Morgan fingerprint density at radius 3 is 2.37 bits per heavy atom. The fraction of sp³-hybridized carbons (Fsp3) is 0.250. The molecule has 0 radical (unpaired) electrons.